The fourth-order valence-electron chi connectivity index (χ4n) is 5.22. The second-order valence-corrected chi connectivity index (χ2v) is 6.82. The summed E-state index contributed by atoms with van der Waals surface area (Å²) >= 11 is 0. The Balaban J connectivity index is 1.79. The number of nitrogens with zero attached hydrogens (tertiary/aromatic N) is 1. The van der Waals surface area contributed by atoms with Crippen molar-refractivity contribution in [2.24, 2.45) is 23.6 Å². The predicted molar refractivity (Wildman–Crippen MR) is 72.5 cm³/mol. The molecule has 4 saturated carbocycles. The van der Waals surface area contributed by atoms with Gasteiger partial charge in [0.25, 0.3) is 5.56 Å². The van der Waals surface area contributed by atoms with Gasteiger partial charge < -0.3 is 0 Å². The molecule has 4 aliphatic rings. The summed E-state index contributed by atoms with van der Waals surface area (Å²) in [7, 11) is 0. The number of anilines is 1. The molecule has 0 aliphatic heterocycles. The Kier molecular flexibility index (Phi) is 2.31. The fraction of sp³-hybridized carbons (Fsp3) is 0.714. The van der Waals surface area contributed by atoms with Gasteiger partial charge in [-0.15, -0.1) is 0 Å². The highest BCUT2D eigenvalue weighted by Crippen LogP contribution is 2.60. The SMILES string of the molecule is NNc1nc(C23CC4CC(CC(C4)C2)C3)cc(=O)[nH]1. The van der Waals surface area contributed by atoms with Crippen molar-refractivity contribution in [3.05, 3.63) is 22.1 Å². The van der Waals surface area contributed by atoms with E-state index in [-0.39, 0.29) is 11.0 Å². The zero-order valence-corrected chi connectivity index (χ0v) is 11.0. The van der Waals surface area contributed by atoms with Gasteiger partial charge in [0.05, 0.1) is 5.69 Å². The van der Waals surface area contributed by atoms with Crippen LogP contribution >= 0.6 is 0 Å². The first kappa shape index (κ1) is 11.5. The summed E-state index contributed by atoms with van der Waals surface area (Å²) in [5.41, 5.74) is 3.48. The Labute approximate surface area is 112 Å². The Hall–Kier alpha value is -1.36. The highest BCUT2D eigenvalue weighted by molar-refractivity contribution is 5.29. The summed E-state index contributed by atoms with van der Waals surface area (Å²) in [6.45, 7) is 0. The van der Waals surface area contributed by atoms with Crippen LogP contribution in [-0.4, -0.2) is 9.97 Å². The van der Waals surface area contributed by atoms with Crippen molar-refractivity contribution in [2.75, 3.05) is 5.43 Å². The van der Waals surface area contributed by atoms with E-state index in [4.69, 9.17) is 5.84 Å². The molecule has 5 rings (SSSR count). The largest absolute Gasteiger partial charge is 0.294 e. The van der Waals surface area contributed by atoms with E-state index in [0.29, 0.717) is 5.95 Å². The van der Waals surface area contributed by atoms with Crippen LogP contribution in [0.15, 0.2) is 10.9 Å². The van der Waals surface area contributed by atoms with E-state index in [1.807, 2.05) is 0 Å². The lowest BCUT2D eigenvalue weighted by Gasteiger charge is -2.56. The number of nitrogen functional groups attached to an aromatic ring is 1. The normalized spacial score (nSPS) is 39.5. The summed E-state index contributed by atoms with van der Waals surface area (Å²) in [6.07, 6.45) is 7.80. The van der Waals surface area contributed by atoms with E-state index < -0.39 is 0 Å². The predicted octanol–water partition coefficient (Wildman–Crippen LogP) is 1.52. The number of hydrogen-bond donors (Lipinski definition) is 3. The molecule has 0 aromatic carbocycles. The Morgan fingerprint density at radius 3 is 2.32 bits per heavy atom. The number of aromatic amines is 1. The lowest BCUT2D eigenvalue weighted by molar-refractivity contribution is -0.00724. The van der Waals surface area contributed by atoms with Gasteiger partial charge in [0.2, 0.25) is 5.95 Å². The van der Waals surface area contributed by atoms with Gasteiger partial charge >= 0.3 is 0 Å². The number of hydrazine groups is 1. The van der Waals surface area contributed by atoms with Crippen LogP contribution in [0.25, 0.3) is 0 Å². The van der Waals surface area contributed by atoms with Crippen molar-refractivity contribution >= 4 is 5.95 Å². The zero-order valence-electron chi connectivity index (χ0n) is 11.0. The molecule has 0 radical (unpaired) electrons. The molecule has 4 N–H and O–H groups in total. The van der Waals surface area contributed by atoms with Gasteiger partial charge in [-0.3, -0.25) is 15.2 Å². The van der Waals surface area contributed by atoms with Crippen LogP contribution in [0.3, 0.4) is 0 Å². The first-order valence-corrected chi connectivity index (χ1v) is 7.25. The molecule has 0 saturated heterocycles. The van der Waals surface area contributed by atoms with Gasteiger partial charge in [-0.2, -0.15) is 0 Å². The molecule has 4 fully saturated rings. The van der Waals surface area contributed by atoms with Crippen LogP contribution in [-0.2, 0) is 5.41 Å². The number of nitrogens with two attached hydrogens (primary N) is 1. The molecular weight excluding hydrogens is 240 g/mol. The molecule has 5 heteroatoms. The van der Waals surface area contributed by atoms with Crippen LogP contribution in [0, 0.1) is 17.8 Å². The first-order chi connectivity index (χ1) is 9.17. The Morgan fingerprint density at radius 2 is 1.79 bits per heavy atom. The van der Waals surface area contributed by atoms with Gasteiger partial charge in [-0.25, -0.2) is 10.8 Å². The minimum Gasteiger partial charge on any atom is -0.294 e. The van der Waals surface area contributed by atoms with Crippen molar-refractivity contribution in [1.82, 2.24) is 9.97 Å². The number of hydrogen-bond acceptors (Lipinski definition) is 4. The molecule has 0 unspecified atom stereocenters. The van der Waals surface area contributed by atoms with Crippen molar-refractivity contribution < 1.29 is 0 Å². The maximum absolute atomic E-state index is 11.8. The van der Waals surface area contributed by atoms with Gasteiger partial charge in [0, 0.05) is 11.5 Å². The zero-order chi connectivity index (χ0) is 13.0. The van der Waals surface area contributed by atoms with E-state index in [1.54, 1.807) is 6.07 Å². The average Bonchev–Trinajstić information content (AvgIpc) is 2.36. The van der Waals surface area contributed by atoms with Crippen molar-refractivity contribution in [3.8, 4) is 0 Å². The van der Waals surface area contributed by atoms with Crippen LogP contribution in [0.1, 0.15) is 44.2 Å². The number of aromatic nitrogens is 2. The highest BCUT2D eigenvalue weighted by Gasteiger charge is 2.52. The third-order valence-electron chi connectivity index (χ3n) is 5.46. The number of nitrogens with one attached hydrogen (secondary N) is 2. The van der Waals surface area contributed by atoms with E-state index in [9.17, 15) is 4.79 Å². The second-order valence-electron chi connectivity index (χ2n) is 6.82. The van der Waals surface area contributed by atoms with Gasteiger partial charge in [0.15, 0.2) is 0 Å². The molecule has 4 aliphatic carbocycles. The van der Waals surface area contributed by atoms with Crippen molar-refractivity contribution in [3.63, 3.8) is 0 Å². The van der Waals surface area contributed by atoms with Crippen LogP contribution in [0.4, 0.5) is 5.95 Å². The molecule has 102 valence electrons. The van der Waals surface area contributed by atoms with E-state index in [2.05, 4.69) is 15.4 Å². The maximum atomic E-state index is 11.8. The molecule has 5 nitrogen and oxygen atoms in total. The number of rotatable bonds is 2. The summed E-state index contributed by atoms with van der Waals surface area (Å²) < 4.78 is 0. The molecule has 0 spiro atoms. The van der Waals surface area contributed by atoms with Crippen LogP contribution < -0.4 is 16.8 Å². The van der Waals surface area contributed by atoms with Gasteiger partial charge in [-0.1, -0.05) is 0 Å². The van der Waals surface area contributed by atoms with E-state index in [0.717, 1.165) is 23.4 Å². The fourth-order valence-corrected chi connectivity index (χ4v) is 5.22. The van der Waals surface area contributed by atoms with E-state index in [1.165, 1.54) is 38.5 Å². The molecule has 19 heavy (non-hydrogen) atoms. The molecule has 1 aromatic heterocycles. The standard InChI is InChI=1S/C14H20N4O/c15-18-13-16-11(4-12(19)17-13)14-5-8-1-9(6-14)3-10(2-8)7-14/h4,8-10H,1-3,5-7,15H2,(H2,16,17,18,19). The first-order valence-electron chi connectivity index (χ1n) is 7.25. The lowest BCUT2D eigenvalue weighted by atomic mass is 9.49. The third kappa shape index (κ3) is 1.71. The summed E-state index contributed by atoms with van der Waals surface area (Å²) in [5.74, 6) is 8.33. The Bertz CT molecular complexity index is 530. The van der Waals surface area contributed by atoms with Crippen LogP contribution in [0.5, 0.6) is 0 Å². The average molecular weight is 260 g/mol. The van der Waals surface area contributed by atoms with Crippen molar-refractivity contribution in [1.29, 1.82) is 0 Å². The summed E-state index contributed by atoms with van der Waals surface area (Å²) in [6, 6.07) is 1.69. The third-order valence-corrected chi connectivity index (χ3v) is 5.46. The molecule has 0 amide bonds. The summed E-state index contributed by atoms with van der Waals surface area (Å²) in [4.78, 5) is 18.9. The van der Waals surface area contributed by atoms with Gasteiger partial charge in [-0.05, 0) is 56.3 Å². The number of H-pyrrole nitrogens is 1. The smallest absolute Gasteiger partial charge is 0.252 e. The quantitative estimate of drug-likeness (QED) is 0.556. The van der Waals surface area contributed by atoms with E-state index >= 15 is 0 Å². The Morgan fingerprint density at radius 1 is 1.21 bits per heavy atom. The minimum absolute atomic E-state index is 0.103. The molecule has 0 atom stereocenters. The lowest BCUT2D eigenvalue weighted by Crippen LogP contribution is -2.49. The molecular formula is C14H20N4O. The van der Waals surface area contributed by atoms with Gasteiger partial charge in [0.1, 0.15) is 0 Å². The molecule has 1 aromatic rings. The highest BCUT2D eigenvalue weighted by atomic mass is 16.1. The molecule has 4 bridgehead atoms. The maximum Gasteiger partial charge on any atom is 0.252 e. The topological polar surface area (TPSA) is 83.8 Å². The summed E-state index contributed by atoms with van der Waals surface area (Å²) in [5, 5.41) is 0. The molecule has 1 heterocycles. The second kappa shape index (κ2) is 3.82. The van der Waals surface area contributed by atoms with Crippen LogP contribution in [0.2, 0.25) is 0 Å². The van der Waals surface area contributed by atoms with Crippen molar-refractivity contribution in [2.45, 2.75) is 43.9 Å². The monoisotopic (exact) mass is 260 g/mol. The minimum atomic E-state index is -0.103.